The summed E-state index contributed by atoms with van der Waals surface area (Å²) >= 11 is 0. The number of nitrogens with zero attached hydrogens (tertiary/aromatic N) is 3. The summed E-state index contributed by atoms with van der Waals surface area (Å²) in [5.74, 6) is 0.0302. The second kappa shape index (κ2) is 6.82. The van der Waals surface area contributed by atoms with Gasteiger partial charge < -0.3 is 14.7 Å². The molecule has 0 aliphatic heterocycles. The number of nitrogens with one attached hydrogen (secondary N) is 1. The van der Waals surface area contributed by atoms with Crippen LogP contribution >= 0.6 is 0 Å². The molecule has 7 heteroatoms. The van der Waals surface area contributed by atoms with E-state index in [1.807, 2.05) is 26.8 Å². The molecule has 1 aliphatic rings. The van der Waals surface area contributed by atoms with Gasteiger partial charge >= 0.3 is 0 Å². The number of hydrogen-bond donors (Lipinski definition) is 1. The standard InChI is InChI=1S/C18H24N4O3/c1-5-22(9-15(23)19-10(2)3)18(24)13-8-14(12-6-7-12)20-17-16(13)11(4)21-25-17/h8,10,12H,5-7,9H2,1-4H3,(H,19,23). The molecule has 134 valence electrons. The molecule has 0 unspecified atom stereocenters. The Kier molecular flexibility index (Phi) is 4.74. The van der Waals surface area contributed by atoms with Crippen molar-refractivity contribution in [2.75, 3.05) is 13.1 Å². The number of hydrogen-bond acceptors (Lipinski definition) is 5. The smallest absolute Gasteiger partial charge is 0.259 e. The number of carbonyl (C=O) groups excluding carboxylic acids is 2. The van der Waals surface area contributed by atoms with Gasteiger partial charge in [0.2, 0.25) is 5.91 Å². The number of rotatable bonds is 6. The maximum atomic E-state index is 13.1. The van der Waals surface area contributed by atoms with Gasteiger partial charge in [-0.1, -0.05) is 5.16 Å². The largest absolute Gasteiger partial charge is 0.352 e. The summed E-state index contributed by atoms with van der Waals surface area (Å²) in [5.41, 5.74) is 2.42. The van der Waals surface area contributed by atoms with E-state index in [9.17, 15) is 9.59 Å². The molecular formula is C18H24N4O3. The molecule has 1 saturated carbocycles. The summed E-state index contributed by atoms with van der Waals surface area (Å²) in [4.78, 5) is 31.2. The fourth-order valence-electron chi connectivity index (χ4n) is 2.91. The van der Waals surface area contributed by atoms with Gasteiger partial charge in [-0.2, -0.15) is 0 Å². The van der Waals surface area contributed by atoms with Gasteiger partial charge in [-0.25, -0.2) is 4.98 Å². The van der Waals surface area contributed by atoms with Crippen molar-refractivity contribution in [3.8, 4) is 0 Å². The van der Waals surface area contributed by atoms with Crippen molar-refractivity contribution in [2.45, 2.75) is 52.5 Å². The number of carbonyl (C=O) groups is 2. The third-order valence-electron chi connectivity index (χ3n) is 4.32. The number of pyridine rings is 1. The summed E-state index contributed by atoms with van der Waals surface area (Å²) in [6, 6.07) is 1.88. The highest BCUT2D eigenvalue weighted by Crippen LogP contribution is 2.40. The molecule has 1 N–H and O–H groups in total. The van der Waals surface area contributed by atoms with Gasteiger partial charge in [0.15, 0.2) is 0 Å². The minimum atomic E-state index is -0.193. The van der Waals surface area contributed by atoms with Gasteiger partial charge in [0, 0.05) is 24.2 Å². The lowest BCUT2D eigenvalue weighted by molar-refractivity contribution is -0.122. The lowest BCUT2D eigenvalue weighted by Crippen LogP contribution is -2.42. The van der Waals surface area contributed by atoms with Crippen LogP contribution < -0.4 is 5.32 Å². The van der Waals surface area contributed by atoms with Gasteiger partial charge in [0.1, 0.15) is 0 Å². The van der Waals surface area contributed by atoms with E-state index < -0.39 is 0 Å². The number of aryl methyl sites for hydroxylation is 1. The maximum absolute atomic E-state index is 13.1. The van der Waals surface area contributed by atoms with E-state index in [1.165, 1.54) is 4.90 Å². The van der Waals surface area contributed by atoms with Crippen LogP contribution in [0, 0.1) is 6.92 Å². The van der Waals surface area contributed by atoms with Gasteiger partial charge in [-0.05, 0) is 46.6 Å². The SMILES string of the molecule is CCN(CC(=O)NC(C)C)C(=O)c1cc(C2CC2)nc2onc(C)c12. The first-order valence-corrected chi connectivity index (χ1v) is 8.76. The van der Waals surface area contributed by atoms with Crippen molar-refractivity contribution >= 4 is 22.9 Å². The van der Waals surface area contributed by atoms with Crippen molar-refractivity contribution in [2.24, 2.45) is 0 Å². The number of likely N-dealkylation sites (N-methyl/N-ethyl adjacent to an activating group) is 1. The van der Waals surface area contributed by atoms with E-state index in [4.69, 9.17) is 4.52 Å². The fourth-order valence-corrected chi connectivity index (χ4v) is 2.91. The fraction of sp³-hybridized carbons (Fsp3) is 0.556. The molecule has 7 nitrogen and oxygen atoms in total. The Bertz CT molecular complexity index is 808. The molecule has 0 atom stereocenters. The summed E-state index contributed by atoms with van der Waals surface area (Å²) < 4.78 is 5.29. The Balaban J connectivity index is 1.94. The Morgan fingerprint density at radius 3 is 2.72 bits per heavy atom. The lowest BCUT2D eigenvalue weighted by Gasteiger charge is -2.21. The predicted octanol–water partition coefficient (Wildman–Crippen LogP) is 2.40. The molecule has 0 aromatic carbocycles. The Hall–Kier alpha value is -2.44. The highest BCUT2D eigenvalue weighted by molar-refractivity contribution is 6.07. The lowest BCUT2D eigenvalue weighted by atomic mass is 10.1. The minimum Gasteiger partial charge on any atom is -0.352 e. The normalized spacial score (nSPS) is 14.1. The van der Waals surface area contributed by atoms with E-state index in [0.29, 0.717) is 34.8 Å². The topological polar surface area (TPSA) is 88.3 Å². The van der Waals surface area contributed by atoms with Crippen LogP contribution in [0.4, 0.5) is 0 Å². The Morgan fingerprint density at radius 2 is 2.12 bits per heavy atom. The predicted molar refractivity (Wildman–Crippen MR) is 93.4 cm³/mol. The molecule has 2 amide bonds. The van der Waals surface area contributed by atoms with Gasteiger partial charge in [0.25, 0.3) is 11.6 Å². The van der Waals surface area contributed by atoms with Crippen LogP contribution in [-0.2, 0) is 4.79 Å². The zero-order valence-corrected chi connectivity index (χ0v) is 15.1. The third kappa shape index (κ3) is 3.65. The minimum absolute atomic E-state index is 0.0282. The molecule has 1 aliphatic carbocycles. The molecule has 0 bridgehead atoms. The van der Waals surface area contributed by atoms with E-state index in [0.717, 1.165) is 18.5 Å². The van der Waals surface area contributed by atoms with E-state index in [1.54, 1.807) is 6.92 Å². The van der Waals surface area contributed by atoms with Crippen molar-refractivity contribution in [1.29, 1.82) is 0 Å². The zero-order valence-electron chi connectivity index (χ0n) is 15.1. The zero-order chi connectivity index (χ0) is 18.1. The van der Waals surface area contributed by atoms with E-state index in [2.05, 4.69) is 15.5 Å². The van der Waals surface area contributed by atoms with Gasteiger partial charge in [0.05, 0.1) is 23.2 Å². The van der Waals surface area contributed by atoms with E-state index in [-0.39, 0.29) is 24.4 Å². The molecule has 2 heterocycles. The van der Waals surface area contributed by atoms with Crippen molar-refractivity contribution in [3.63, 3.8) is 0 Å². The molecule has 25 heavy (non-hydrogen) atoms. The molecule has 1 fully saturated rings. The molecular weight excluding hydrogens is 320 g/mol. The number of fused-ring (bicyclic) bond motifs is 1. The maximum Gasteiger partial charge on any atom is 0.259 e. The van der Waals surface area contributed by atoms with Gasteiger partial charge in [-0.15, -0.1) is 0 Å². The number of amides is 2. The summed E-state index contributed by atoms with van der Waals surface area (Å²) in [6.07, 6.45) is 2.15. The molecule has 2 aromatic heterocycles. The van der Waals surface area contributed by atoms with Crippen molar-refractivity contribution in [3.05, 3.63) is 23.0 Å². The van der Waals surface area contributed by atoms with Crippen LogP contribution in [0.15, 0.2) is 10.6 Å². The molecule has 0 radical (unpaired) electrons. The quantitative estimate of drug-likeness (QED) is 0.869. The first-order valence-electron chi connectivity index (χ1n) is 8.76. The van der Waals surface area contributed by atoms with Crippen LogP contribution in [-0.4, -0.2) is 46.0 Å². The Labute approximate surface area is 146 Å². The summed E-state index contributed by atoms with van der Waals surface area (Å²) in [7, 11) is 0. The summed E-state index contributed by atoms with van der Waals surface area (Å²) in [5, 5.41) is 7.41. The van der Waals surface area contributed by atoms with Crippen LogP contribution in [0.1, 0.15) is 61.3 Å². The van der Waals surface area contributed by atoms with Crippen LogP contribution in [0.25, 0.3) is 11.1 Å². The van der Waals surface area contributed by atoms with Crippen molar-refractivity contribution < 1.29 is 14.1 Å². The highest BCUT2D eigenvalue weighted by Gasteiger charge is 2.30. The highest BCUT2D eigenvalue weighted by atomic mass is 16.5. The molecule has 0 spiro atoms. The van der Waals surface area contributed by atoms with Gasteiger partial charge in [-0.3, -0.25) is 9.59 Å². The van der Waals surface area contributed by atoms with Crippen LogP contribution in [0.3, 0.4) is 0 Å². The monoisotopic (exact) mass is 344 g/mol. The van der Waals surface area contributed by atoms with Crippen molar-refractivity contribution in [1.82, 2.24) is 20.4 Å². The first kappa shape index (κ1) is 17.4. The molecule has 0 saturated heterocycles. The van der Waals surface area contributed by atoms with Crippen LogP contribution in [0.5, 0.6) is 0 Å². The molecule has 2 aromatic rings. The second-order valence-corrected chi connectivity index (χ2v) is 6.86. The Morgan fingerprint density at radius 1 is 1.40 bits per heavy atom. The summed E-state index contributed by atoms with van der Waals surface area (Å²) in [6.45, 7) is 7.91. The number of aromatic nitrogens is 2. The van der Waals surface area contributed by atoms with E-state index >= 15 is 0 Å². The first-order chi connectivity index (χ1) is 11.9. The molecule has 3 rings (SSSR count). The third-order valence-corrected chi connectivity index (χ3v) is 4.32. The average Bonchev–Trinajstić information content (AvgIpc) is 3.34. The average molecular weight is 344 g/mol. The second-order valence-electron chi connectivity index (χ2n) is 6.86. The van der Waals surface area contributed by atoms with Crippen LogP contribution in [0.2, 0.25) is 0 Å².